The van der Waals surface area contributed by atoms with Crippen LogP contribution in [0.2, 0.25) is 0 Å². The number of benzene rings is 1. The zero-order valence-corrected chi connectivity index (χ0v) is 17.8. The molecular weight excluding hydrogens is 400 g/mol. The Kier molecular flexibility index (Phi) is 5.00. The minimum Gasteiger partial charge on any atom is -0.342 e. The van der Waals surface area contributed by atoms with Crippen molar-refractivity contribution in [3.63, 3.8) is 0 Å². The molecule has 3 fully saturated rings. The van der Waals surface area contributed by atoms with Gasteiger partial charge in [0.05, 0.1) is 11.1 Å². The molecule has 0 spiro atoms. The quantitative estimate of drug-likeness (QED) is 0.577. The van der Waals surface area contributed by atoms with Gasteiger partial charge in [-0.25, -0.2) is 4.83 Å². The van der Waals surface area contributed by atoms with Gasteiger partial charge in [0, 0.05) is 0 Å². The topological polar surface area (TPSA) is 105 Å². The number of aryl methyl sites for hydroxylation is 1. The fourth-order valence-corrected chi connectivity index (χ4v) is 4.51. The van der Waals surface area contributed by atoms with Crippen LogP contribution < -0.4 is 4.83 Å². The average Bonchev–Trinajstić information content (AvgIpc) is 3.09. The molecule has 160 valence electrons. The Balaban J connectivity index is 1.51. The molecule has 0 amide bonds. The van der Waals surface area contributed by atoms with Crippen molar-refractivity contribution in [1.82, 2.24) is 4.83 Å². The summed E-state index contributed by atoms with van der Waals surface area (Å²) in [6.45, 7) is 9.07. The molecule has 0 unspecified atom stereocenters. The van der Waals surface area contributed by atoms with Crippen LogP contribution in [0, 0.1) is 6.92 Å². The highest BCUT2D eigenvalue weighted by molar-refractivity contribution is 7.89. The van der Waals surface area contributed by atoms with E-state index in [-0.39, 0.29) is 4.90 Å². The number of nitrogens with zero attached hydrogens (tertiary/aromatic N) is 1. The third kappa shape index (κ3) is 4.18. The number of fused-ring (bicyclic) bond motifs is 3. The zero-order chi connectivity index (χ0) is 21.0. The van der Waals surface area contributed by atoms with Crippen LogP contribution in [0.15, 0.2) is 34.3 Å². The fourth-order valence-electron chi connectivity index (χ4n) is 3.71. The van der Waals surface area contributed by atoms with Crippen LogP contribution in [0.25, 0.3) is 0 Å². The number of ether oxygens (including phenoxy) is 5. The summed E-state index contributed by atoms with van der Waals surface area (Å²) in [7, 11) is -3.79. The number of nitrogens with one attached hydrogen (secondary N) is 1. The van der Waals surface area contributed by atoms with Gasteiger partial charge in [-0.2, -0.15) is 13.5 Å². The van der Waals surface area contributed by atoms with Gasteiger partial charge in [0.15, 0.2) is 17.9 Å². The first-order valence-corrected chi connectivity index (χ1v) is 10.9. The Labute approximate surface area is 170 Å². The minimum absolute atomic E-state index is 0.124. The van der Waals surface area contributed by atoms with E-state index in [0.717, 1.165) is 5.56 Å². The molecular formula is C19H26N2O7S. The van der Waals surface area contributed by atoms with Crippen molar-refractivity contribution in [3.8, 4) is 0 Å². The summed E-state index contributed by atoms with van der Waals surface area (Å²) in [5, 5.41) is 3.90. The first-order valence-electron chi connectivity index (χ1n) is 9.44. The normalized spacial score (nSPS) is 35.4. The number of hydrogen-bond acceptors (Lipinski definition) is 8. The highest BCUT2D eigenvalue weighted by Crippen LogP contribution is 2.43. The second-order valence-electron chi connectivity index (χ2n) is 8.32. The maximum absolute atomic E-state index is 12.4. The monoisotopic (exact) mass is 426 g/mol. The number of sulfonamides is 1. The van der Waals surface area contributed by atoms with Crippen LogP contribution in [-0.2, 0) is 33.7 Å². The zero-order valence-electron chi connectivity index (χ0n) is 17.0. The van der Waals surface area contributed by atoms with E-state index in [2.05, 4.69) is 9.93 Å². The highest BCUT2D eigenvalue weighted by Gasteiger charge is 2.60. The smallest absolute Gasteiger partial charge is 0.276 e. The van der Waals surface area contributed by atoms with Crippen LogP contribution in [0.4, 0.5) is 0 Å². The lowest BCUT2D eigenvalue weighted by atomic mass is 10.00. The van der Waals surface area contributed by atoms with Crippen molar-refractivity contribution < 1.29 is 32.1 Å². The highest BCUT2D eigenvalue weighted by atomic mass is 32.2. The molecule has 3 aliphatic rings. The molecule has 4 rings (SSSR count). The summed E-state index contributed by atoms with van der Waals surface area (Å²) in [5.74, 6) is -1.66. The van der Waals surface area contributed by atoms with Gasteiger partial charge in [0.2, 0.25) is 0 Å². The summed E-state index contributed by atoms with van der Waals surface area (Å²) < 4.78 is 54.5. The average molecular weight is 426 g/mol. The summed E-state index contributed by atoms with van der Waals surface area (Å²) in [5.41, 5.74) is 0.964. The van der Waals surface area contributed by atoms with Crippen molar-refractivity contribution in [2.45, 2.75) is 81.8 Å². The third-order valence-electron chi connectivity index (χ3n) is 4.92. The van der Waals surface area contributed by atoms with Gasteiger partial charge in [-0.3, -0.25) is 0 Å². The van der Waals surface area contributed by atoms with Gasteiger partial charge < -0.3 is 23.7 Å². The molecule has 0 saturated carbocycles. The Hall–Kier alpha value is -1.56. The molecule has 1 aromatic rings. The van der Waals surface area contributed by atoms with Gasteiger partial charge in [-0.1, -0.05) is 17.7 Å². The first kappa shape index (κ1) is 20.7. The predicted molar refractivity (Wildman–Crippen MR) is 103 cm³/mol. The van der Waals surface area contributed by atoms with Crippen molar-refractivity contribution in [1.29, 1.82) is 0 Å². The second kappa shape index (κ2) is 7.00. The minimum atomic E-state index is -3.79. The molecule has 9 nitrogen and oxygen atoms in total. The summed E-state index contributed by atoms with van der Waals surface area (Å²) in [4.78, 5) is 2.34. The van der Waals surface area contributed by atoms with Crippen molar-refractivity contribution in [2.24, 2.45) is 5.10 Å². The van der Waals surface area contributed by atoms with E-state index in [1.54, 1.807) is 39.8 Å². The lowest BCUT2D eigenvalue weighted by molar-refractivity contribution is -0.217. The lowest BCUT2D eigenvalue weighted by Gasteiger charge is -2.35. The van der Waals surface area contributed by atoms with E-state index < -0.39 is 52.3 Å². The summed E-state index contributed by atoms with van der Waals surface area (Å²) >= 11 is 0. The standard InChI is InChI=1S/C19H26N2O7S/c1-11-6-8-12(9-7-11)29(22,23)21-20-10-13-14-15(26-18(2,3)25-14)16-17(24-13)28-19(4,5)27-16/h6-10,13-17,21H,1-5H3/b20-10+/t13-,14+,15+,16-,17-/m1/s1. The fraction of sp³-hybridized carbons (Fsp3) is 0.632. The largest absolute Gasteiger partial charge is 0.342 e. The molecule has 3 saturated heterocycles. The van der Waals surface area contributed by atoms with E-state index in [1.807, 2.05) is 6.92 Å². The van der Waals surface area contributed by atoms with Crippen molar-refractivity contribution in [3.05, 3.63) is 29.8 Å². The Morgan fingerprint density at radius 1 is 0.931 bits per heavy atom. The van der Waals surface area contributed by atoms with Crippen LogP contribution in [-0.4, -0.2) is 56.9 Å². The van der Waals surface area contributed by atoms with E-state index in [1.165, 1.54) is 18.3 Å². The van der Waals surface area contributed by atoms with Crippen LogP contribution >= 0.6 is 0 Å². The molecule has 3 aliphatic heterocycles. The van der Waals surface area contributed by atoms with Gasteiger partial charge in [0.1, 0.15) is 24.4 Å². The van der Waals surface area contributed by atoms with E-state index in [0.29, 0.717) is 0 Å². The maximum atomic E-state index is 12.4. The van der Waals surface area contributed by atoms with Crippen LogP contribution in [0.5, 0.6) is 0 Å². The number of rotatable bonds is 4. The lowest BCUT2D eigenvalue weighted by Crippen LogP contribution is -2.55. The molecule has 1 aromatic carbocycles. The van der Waals surface area contributed by atoms with Gasteiger partial charge >= 0.3 is 0 Å². The molecule has 5 atom stereocenters. The molecule has 3 heterocycles. The molecule has 0 aromatic heterocycles. The van der Waals surface area contributed by atoms with Gasteiger partial charge in [0.25, 0.3) is 10.0 Å². The number of hydrazone groups is 1. The Morgan fingerprint density at radius 3 is 2.21 bits per heavy atom. The summed E-state index contributed by atoms with van der Waals surface area (Å²) in [6.07, 6.45) is -1.40. The summed E-state index contributed by atoms with van der Waals surface area (Å²) in [6, 6.07) is 6.48. The second-order valence-corrected chi connectivity index (χ2v) is 9.98. The van der Waals surface area contributed by atoms with Gasteiger partial charge in [-0.05, 0) is 46.8 Å². The third-order valence-corrected chi connectivity index (χ3v) is 6.15. The maximum Gasteiger partial charge on any atom is 0.276 e. The van der Waals surface area contributed by atoms with Crippen molar-refractivity contribution >= 4 is 16.2 Å². The van der Waals surface area contributed by atoms with E-state index in [4.69, 9.17) is 23.7 Å². The molecule has 0 bridgehead atoms. The van der Waals surface area contributed by atoms with Crippen molar-refractivity contribution in [2.75, 3.05) is 0 Å². The molecule has 1 N–H and O–H groups in total. The Bertz CT molecular complexity index is 898. The van der Waals surface area contributed by atoms with Crippen LogP contribution in [0.1, 0.15) is 33.3 Å². The Morgan fingerprint density at radius 2 is 1.52 bits per heavy atom. The van der Waals surface area contributed by atoms with Crippen LogP contribution in [0.3, 0.4) is 0 Å². The first-order chi connectivity index (χ1) is 13.5. The SMILES string of the molecule is Cc1ccc(S(=O)(=O)N/N=C/[C@H]2O[C@@H]3OC(C)(C)O[C@@H]3[C@H]3OC(C)(C)O[C@H]32)cc1. The predicted octanol–water partition coefficient (Wildman–Crippen LogP) is 1.66. The molecule has 0 aliphatic carbocycles. The van der Waals surface area contributed by atoms with E-state index >= 15 is 0 Å². The van der Waals surface area contributed by atoms with E-state index in [9.17, 15) is 8.42 Å². The molecule has 10 heteroatoms. The molecule has 29 heavy (non-hydrogen) atoms. The number of hydrogen-bond donors (Lipinski definition) is 1. The molecule has 0 radical (unpaired) electrons. The van der Waals surface area contributed by atoms with Gasteiger partial charge in [-0.15, -0.1) is 0 Å².